The van der Waals surface area contributed by atoms with Crippen LogP contribution in [-0.4, -0.2) is 34.4 Å². The number of hydrogen-bond donors (Lipinski definition) is 1. The topological polar surface area (TPSA) is 71.4 Å². The first kappa shape index (κ1) is 20.3. The van der Waals surface area contributed by atoms with Gasteiger partial charge in [-0.25, -0.2) is 9.37 Å². The maximum absolute atomic E-state index is 13.5. The maximum atomic E-state index is 13.5. The van der Waals surface area contributed by atoms with Crippen molar-refractivity contribution in [2.75, 3.05) is 13.7 Å². The molecule has 1 aliphatic rings. The van der Waals surface area contributed by atoms with E-state index >= 15 is 0 Å². The molecule has 0 saturated carbocycles. The highest BCUT2D eigenvalue weighted by molar-refractivity contribution is 5.98. The largest absolute Gasteiger partial charge is 0.497 e. The number of likely N-dealkylation sites (tertiary alicyclic amines) is 1. The molecule has 4 aromatic rings. The molecule has 32 heavy (non-hydrogen) atoms. The van der Waals surface area contributed by atoms with Crippen LogP contribution < -0.4 is 4.74 Å². The van der Waals surface area contributed by atoms with Crippen LogP contribution in [-0.2, 0) is 6.42 Å². The fourth-order valence-corrected chi connectivity index (χ4v) is 4.34. The van der Waals surface area contributed by atoms with Gasteiger partial charge in [-0.3, -0.25) is 4.79 Å². The highest BCUT2D eigenvalue weighted by Crippen LogP contribution is 2.33. The molecule has 3 heterocycles. The predicted octanol–water partition coefficient (Wildman–Crippen LogP) is 5.26. The van der Waals surface area contributed by atoms with Gasteiger partial charge in [0.2, 0.25) is 5.89 Å². The molecule has 164 valence electrons. The Labute approximate surface area is 185 Å². The number of aromatic amines is 1. The van der Waals surface area contributed by atoms with Crippen molar-refractivity contribution in [2.24, 2.45) is 0 Å². The molecule has 1 amide bonds. The standard InChI is InChI=1S/C25H24FN3O3/c1-31-19-6-4-5-16(11-19)12-20-15-27-24(32-20)23-7-2-3-10-29(23)25(30)22-13-17-8-9-18(26)14-21(17)28-22/h4-6,8-9,11,13-15,23,28H,2-3,7,10,12H2,1H3. The van der Waals surface area contributed by atoms with Crippen molar-refractivity contribution >= 4 is 16.8 Å². The number of rotatable bonds is 5. The number of benzene rings is 2. The Kier molecular flexibility index (Phi) is 5.39. The quantitative estimate of drug-likeness (QED) is 0.466. The first-order valence-electron chi connectivity index (χ1n) is 10.8. The summed E-state index contributed by atoms with van der Waals surface area (Å²) >= 11 is 0. The SMILES string of the molecule is COc1cccc(Cc2cnc(C3CCCCN3C(=O)c3cc4ccc(F)cc4[nH]3)o2)c1. The van der Waals surface area contributed by atoms with Crippen LogP contribution in [0.1, 0.15) is 53.0 Å². The minimum absolute atomic E-state index is 0.126. The molecule has 2 aromatic carbocycles. The molecule has 7 heteroatoms. The summed E-state index contributed by atoms with van der Waals surface area (Å²) in [4.78, 5) is 22.7. The van der Waals surface area contributed by atoms with E-state index in [2.05, 4.69) is 9.97 Å². The molecule has 6 nitrogen and oxygen atoms in total. The van der Waals surface area contributed by atoms with E-state index in [1.165, 1.54) is 12.1 Å². The maximum Gasteiger partial charge on any atom is 0.270 e. The number of hydrogen-bond acceptors (Lipinski definition) is 4. The van der Waals surface area contributed by atoms with Gasteiger partial charge in [-0.15, -0.1) is 0 Å². The Morgan fingerprint density at radius 2 is 2.16 bits per heavy atom. The summed E-state index contributed by atoms with van der Waals surface area (Å²) < 4.78 is 24.9. The number of piperidine rings is 1. The van der Waals surface area contributed by atoms with E-state index in [0.717, 1.165) is 41.7 Å². The lowest BCUT2D eigenvalue weighted by Crippen LogP contribution is -2.38. The van der Waals surface area contributed by atoms with Gasteiger partial charge in [-0.1, -0.05) is 12.1 Å². The number of ether oxygens (including phenoxy) is 1. The summed E-state index contributed by atoms with van der Waals surface area (Å²) in [5, 5.41) is 0.806. The van der Waals surface area contributed by atoms with Crippen molar-refractivity contribution < 1.29 is 18.3 Å². The van der Waals surface area contributed by atoms with Crippen LogP contribution in [0.2, 0.25) is 0 Å². The van der Waals surface area contributed by atoms with Crippen molar-refractivity contribution in [3.8, 4) is 5.75 Å². The highest BCUT2D eigenvalue weighted by Gasteiger charge is 2.32. The monoisotopic (exact) mass is 433 g/mol. The minimum atomic E-state index is -0.336. The number of carbonyl (C=O) groups is 1. The second kappa shape index (κ2) is 8.49. The van der Waals surface area contributed by atoms with Gasteiger partial charge in [0.25, 0.3) is 5.91 Å². The van der Waals surface area contributed by atoms with Gasteiger partial charge in [0.1, 0.15) is 29.1 Å². The van der Waals surface area contributed by atoms with E-state index < -0.39 is 0 Å². The van der Waals surface area contributed by atoms with Crippen LogP contribution in [0.4, 0.5) is 4.39 Å². The van der Waals surface area contributed by atoms with Gasteiger partial charge >= 0.3 is 0 Å². The molecule has 1 N–H and O–H groups in total. The van der Waals surface area contributed by atoms with E-state index in [0.29, 0.717) is 30.1 Å². The number of carbonyl (C=O) groups excluding carboxylic acids is 1. The van der Waals surface area contributed by atoms with E-state index in [1.54, 1.807) is 25.4 Å². The normalized spacial score (nSPS) is 16.4. The second-order valence-corrected chi connectivity index (χ2v) is 8.12. The summed E-state index contributed by atoms with van der Waals surface area (Å²) in [6.45, 7) is 0.626. The third kappa shape index (κ3) is 3.98. The van der Waals surface area contributed by atoms with Crippen LogP contribution in [0.5, 0.6) is 5.75 Å². The number of nitrogens with zero attached hydrogens (tertiary/aromatic N) is 2. The fourth-order valence-electron chi connectivity index (χ4n) is 4.34. The molecule has 0 spiro atoms. The summed E-state index contributed by atoms with van der Waals surface area (Å²) in [5.74, 6) is 1.63. The first-order valence-corrected chi connectivity index (χ1v) is 10.8. The molecule has 0 radical (unpaired) electrons. The number of oxazole rings is 1. The summed E-state index contributed by atoms with van der Waals surface area (Å²) in [5.41, 5.74) is 2.12. The molecule has 1 unspecified atom stereocenters. The average molecular weight is 433 g/mol. The summed E-state index contributed by atoms with van der Waals surface area (Å²) in [6.07, 6.45) is 5.05. The number of H-pyrrole nitrogens is 1. The molecule has 1 atom stereocenters. The highest BCUT2D eigenvalue weighted by atomic mass is 19.1. The Balaban J connectivity index is 1.37. The van der Waals surface area contributed by atoms with Crippen LogP contribution in [0, 0.1) is 5.82 Å². The third-order valence-corrected chi connectivity index (χ3v) is 5.95. The molecule has 2 aromatic heterocycles. The van der Waals surface area contributed by atoms with Gasteiger partial charge in [0.05, 0.1) is 13.3 Å². The zero-order valence-electron chi connectivity index (χ0n) is 17.8. The van der Waals surface area contributed by atoms with E-state index in [1.807, 2.05) is 29.2 Å². The van der Waals surface area contributed by atoms with Crippen LogP contribution in [0.3, 0.4) is 0 Å². The number of fused-ring (bicyclic) bond motifs is 1. The van der Waals surface area contributed by atoms with Crippen LogP contribution in [0.25, 0.3) is 10.9 Å². The van der Waals surface area contributed by atoms with Gasteiger partial charge in [-0.2, -0.15) is 0 Å². The van der Waals surface area contributed by atoms with Gasteiger partial charge < -0.3 is 19.0 Å². The average Bonchev–Trinajstić information content (AvgIpc) is 3.45. The summed E-state index contributed by atoms with van der Waals surface area (Å²) in [7, 11) is 1.64. The van der Waals surface area contributed by atoms with Gasteiger partial charge in [-0.05, 0) is 61.2 Å². The predicted molar refractivity (Wildman–Crippen MR) is 118 cm³/mol. The molecule has 1 aliphatic heterocycles. The smallest absolute Gasteiger partial charge is 0.270 e. The number of aromatic nitrogens is 2. The molecule has 1 fully saturated rings. The summed E-state index contributed by atoms with van der Waals surface area (Å²) in [6, 6.07) is 13.8. The Bertz CT molecular complexity index is 1260. The number of amides is 1. The van der Waals surface area contributed by atoms with E-state index in [9.17, 15) is 9.18 Å². The lowest BCUT2D eigenvalue weighted by molar-refractivity contribution is 0.0565. The van der Waals surface area contributed by atoms with Crippen molar-refractivity contribution in [3.05, 3.63) is 83.5 Å². The molecule has 0 bridgehead atoms. The number of methoxy groups -OCH3 is 1. The van der Waals surface area contributed by atoms with Crippen molar-refractivity contribution in [1.29, 1.82) is 0 Å². The molecule has 0 aliphatic carbocycles. The second-order valence-electron chi connectivity index (χ2n) is 8.12. The van der Waals surface area contributed by atoms with E-state index in [4.69, 9.17) is 9.15 Å². The number of halogens is 1. The lowest BCUT2D eigenvalue weighted by Gasteiger charge is -2.33. The van der Waals surface area contributed by atoms with Crippen molar-refractivity contribution in [3.63, 3.8) is 0 Å². The molecule has 5 rings (SSSR count). The number of nitrogens with one attached hydrogen (secondary N) is 1. The van der Waals surface area contributed by atoms with Gasteiger partial charge in [0, 0.05) is 23.9 Å². The molecular weight excluding hydrogens is 409 g/mol. The molecular formula is C25H24FN3O3. The van der Waals surface area contributed by atoms with E-state index in [-0.39, 0.29) is 17.8 Å². The lowest BCUT2D eigenvalue weighted by atomic mass is 10.0. The minimum Gasteiger partial charge on any atom is -0.497 e. The Morgan fingerprint density at radius 1 is 1.25 bits per heavy atom. The Hall–Kier alpha value is -3.61. The third-order valence-electron chi connectivity index (χ3n) is 5.95. The zero-order valence-corrected chi connectivity index (χ0v) is 17.8. The zero-order chi connectivity index (χ0) is 22.1. The van der Waals surface area contributed by atoms with Crippen molar-refractivity contribution in [2.45, 2.75) is 31.7 Å². The first-order chi connectivity index (χ1) is 15.6. The molecule has 1 saturated heterocycles. The fraction of sp³-hybridized carbons (Fsp3) is 0.280. The van der Waals surface area contributed by atoms with Crippen molar-refractivity contribution in [1.82, 2.24) is 14.9 Å². The van der Waals surface area contributed by atoms with Crippen LogP contribution in [0.15, 0.2) is 59.1 Å². The van der Waals surface area contributed by atoms with Crippen LogP contribution >= 0.6 is 0 Å². The van der Waals surface area contributed by atoms with Gasteiger partial charge in [0.15, 0.2) is 0 Å². The Morgan fingerprint density at radius 3 is 3.03 bits per heavy atom.